The molecule has 27 heavy (non-hydrogen) atoms. The SMILES string of the molecule is Cn1cccc1C1CCCCCN1C(=O)c1cc(=O)c2cc(Br)ccc2[nH]1. The fourth-order valence-corrected chi connectivity index (χ4v) is 4.33. The van der Waals surface area contributed by atoms with Gasteiger partial charge in [-0.1, -0.05) is 28.8 Å². The highest BCUT2D eigenvalue weighted by Crippen LogP contribution is 2.31. The molecule has 1 aromatic carbocycles. The molecule has 1 unspecified atom stereocenters. The second-order valence-corrected chi connectivity index (χ2v) is 8.06. The Labute approximate surface area is 166 Å². The Morgan fingerprint density at radius 1 is 1.19 bits per heavy atom. The number of aromatic nitrogens is 2. The number of carbonyl (C=O) groups excluding carboxylic acids is 1. The fourth-order valence-electron chi connectivity index (χ4n) is 3.97. The number of benzene rings is 1. The lowest BCUT2D eigenvalue weighted by Crippen LogP contribution is -2.36. The highest BCUT2D eigenvalue weighted by Gasteiger charge is 2.29. The number of nitrogens with zero attached hydrogens (tertiary/aromatic N) is 2. The summed E-state index contributed by atoms with van der Waals surface area (Å²) < 4.78 is 2.92. The maximum atomic E-state index is 13.4. The largest absolute Gasteiger partial charge is 0.353 e. The molecule has 6 heteroatoms. The Morgan fingerprint density at radius 3 is 2.81 bits per heavy atom. The van der Waals surface area contributed by atoms with Crippen molar-refractivity contribution in [2.24, 2.45) is 7.05 Å². The van der Waals surface area contributed by atoms with Gasteiger partial charge >= 0.3 is 0 Å². The number of hydrogen-bond acceptors (Lipinski definition) is 2. The molecule has 1 aliphatic rings. The maximum absolute atomic E-state index is 13.4. The minimum Gasteiger partial charge on any atom is -0.353 e. The number of halogens is 1. The van der Waals surface area contributed by atoms with E-state index in [2.05, 4.69) is 31.5 Å². The number of pyridine rings is 1. The van der Waals surface area contributed by atoms with E-state index in [0.717, 1.165) is 35.8 Å². The van der Waals surface area contributed by atoms with Gasteiger partial charge < -0.3 is 14.5 Å². The molecule has 3 aromatic rings. The zero-order chi connectivity index (χ0) is 19.0. The minimum atomic E-state index is -0.140. The maximum Gasteiger partial charge on any atom is 0.270 e. The number of hydrogen-bond donors (Lipinski definition) is 1. The topological polar surface area (TPSA) is 58.1 Å². The zero-order valence-corrected chi connectivity index (χ0v) is 16.8. The first-order chi connectivity index (χ1) is 13.0. The fraction of sp³-hybridized carbons (Fsp3) is 0.333. The van der Waals surface area contributed by atoms with Crippen LogP contribution in [0.5, 0.6) is 0 Å². The molecule has 2 aromatic heterocycles. The monoisotopic (exact) mass is 427 g/mol. The molecule has 1 fully saturated rings. The Morgan fingerprint density at radius 2 is 2.04 bits per heavy atom. The summed E-state index contributed by atoms with van der Waals surface area (Å²) in [6.07, 6.45) is 6.15. The van der Waals surface area contributed by atoms with Crippen molar-refractivity contribution in [1.29, 1.82) is 0 Å². The van der Waals surface area contributed by atoms with Gasteiger partial charge in [0.2, 0.25) is 0 Å². The smallest absolute Gasteiger partial charge is 0.270 e. The van der Waals surface area contributed by atoms with E-state index in [1.165, 1.54) is 6.07 Å². The number of carbonyl (C=O) groups is 1. The van der Waals surface area contributed by atoms with Crippen molar-refractivity contribution in [2.75, 3.05) is 6.54 Å². The van der Waals surface area contributed by atoms with Crippen molar-refractivity contribution in [1.82, 2.24) is 14.5 Å². The summed E-state index contributed by atoms with van der Waals surface area (Å²) in [7, 11) is 2.01. The number of H-pyrrole nitrogens is 1. The molecule has 1 aliphatic heterocycles. The molecule has 140 valence electrons. The molecule has 0 aliphatic carbocycles. The normalized spacial score (nSPS) is 17.9. The summed E-state index contributed by atoms with van der Waals surface area (Å²) in [5.74, 6) is -0.106. The third-order valence-electron chi connectivity index (χ3n) is 5.36. The number of fused-ring (bicyclic) bond motifs is 1. The van der Waals surface area contributed by atoms with Gasteiger partial charge in [-0.3, -0.25) is 9.59 Å². The van der Waals surface area contributed by atoms with Crippen LogP contribution in [0.1, 0.15) is 47.9 Å². The average molecular weight is 428 g/mol. The molecule has 1 saturated heterocycles. The summed E-state index contributed by atoms with van der Waals surface area (Å²) in [6, 6.07) is 11.0. The predicted octanol–water partition coefficient (Wildman–Crippen LogP) is 4.39. The number of likely N-dealkylation sites (tertiary alicyclic amines) is 1. The molecule has 0 spiro atoms. The molecular formula is C21H22BrN3O2. The van der Waals surface area contributed by atoms with Crippen LogP contribution in [0.2, 0.25) is 0 Å². The molecule has 0 radical (unpaired) electrons. The van der Waals surface area contributed by atoms with Crippen LogP contribution >= 0.6 is 15.9 Å². The van der Waals surface area contributed by atoms with Gasteiger partial charge in [0, 0.05) is 46.9 Å². The van der Waals surface area contributed by atoms with Gasteiger partial charge in [-0.05, 0) is 43.2 Å². The molecule has 0 saturated carbocycles. The number of amides is 1. The Balaban J connectivity index is 1.75. The molecule has 0 bridgehead atoms. The van der Waals surface area contributed by atoms with Crippen molar-refractivity contribution < 1.29 is 4.79 Å². The van der Waals surface area contributed by atoms with E-state index in [9.17, 15) is 9.59 Å². The lowest BCUT2D eigenvalue weighted by Gasteiger charge is -2.30. The molecule has 3 heterocycles. The average Bonchev–Trinajstić information content (AvgIpc) is 2.93. The quantitative estimate of drug-likeness (QED) is 0.659. The highest BCUT2D eigenvalue weighted by atomic mass is 79.9. The first-order valence-corrected chi connectivity index (χ1v) is 10.1. The van der Waals surface area contributed by atoms with Gasteiger partial charge in [0.15, 0.2) is 5.43 Å². The number of nitrogens with one attached hydrogen (secondary N) is 1. The van der Waals surface area contributed by atoms with Crippen molar-refractivity contribution >= 4 is 32.7 Å². The summed E-state index contributed by atoms with van der Waals surface area (Å²) in [6.45, 7) is 0.703. The zero-order valence-electron chi connectivity index (χ0n) is 15.2. The van der Waals surface area contributed by atoms with E-state index in [4.69, 9.17) is 0 Å². The van der Waals surface area contributed by atoms with Crippen molar-refractivity contribution in [2.45, 2.75) is 31.7 Å². The number of rotatable bonds is 2. The Kier molecular flexibility index (Phi) is 4.91. The minimum absolute atomic E-state index is 0.0316. The standard InChI is InChI=1S/C21H22BrN3O2/c1-24-10-5-7-18(24)19-6-3-2-4-11-25(19)21(27)17-13-20(26)15-12-14(22)8-9-16(15)23-17/h5,7-10,12-13,19H,2-4,6,11H2,1H3,(H,23,26). The second kappa shape index (κ2) is 7.35. The van der Waals surface area contributed by atoms with Crippen molar-refractivity contribution in [3.8, 4) is 0 Å². The van der Waals surface area contributed by atoms with Crippen LogP contribution in [0, 0.1) is 0 Å². The first kappa shape index (κ1) is 18.0. The third kappa shape index (κ3) is 3.46. The van der Waals surface area contributed by atoms with Crippen LogP contribution in [0.4, 0.5) is 0 Å². The Hall–Kier alpha value is -2.34. The van der Waals surface area contributed by atoms with Gasteiger partial charge in [0.25, 0.3) is 5.91 Å². The van der Waals surface area contributed by atoms with Crippen LogP contribution in [0.3, 0.4) is 0 Å². The lowest BCUT2D eigenvalue weighted by atomic mass is 10.1. The molecular weight excluding hydrogens is 406 g/mol. The van der Waals surface area contributed by atoms with E-state index in [1.54, 1.807) is 6.07 Å². The predicted molar refractivity (Wildman–Crippen MR) is 110 cm³/mol. The van der Waals surface area contributed by atoms with Gasteiger partial charge in [0.1, 0.15) is 5.69 Å². The van der Waals surface area contributed by atoms with Crippen LogP contribution in [0.15, 0.2) is 51.9 Å². The van der Waals surface area contributed by atoms with Gasteiger partial charge in [-0.25, -0.2) is 0 Å². The Bertz CT molecular complexity index is 1050. The summed E-state index contributed by atoms with van der Waals surface area (Å²) in [5, 5.41) is 0.579. The van der Waals surface area contributed by atoms with Gasteiger partial charge in [0.05, 0.1) is 6.04 Å². The van der Waals surface area contributed by atoms with Gasteiger partial charge in [-0.2, -0.15) is 0 Å². The summed E-state index contributed by atoms with van der Waals surface area (Å²) >= 11 is 3.39. The van der Waals surface area contributed by atoms with E-state index >= 15 is 0 Å². The third-order valence-corrected chi connectivity index (χ3v) is 5.85. The van der Waals surface area contributed by atoms with E-state index < -0.39 is 0 Å². The van der Waals surface area contributed by atoms with E-state index in [-0.39, 0.29) is 17.4 Å². The van der Waals surface area contributed by atoms with Crippen molar-refractivity contribution in [3.05, 3.63) is 68.7 Å². The summed E-state index contributed by atoms with van der Waals surface area (Å²) in [4.78, 5) is 31.0. The molecule has 1 amide bonds. The van der Waals surface area contributed by atoms with Crippen molar-refractivity contribution in [3.63, 3.8) is 0 Å². The molecule has 5 nitrogen and oxygen atoms in total. The van der Waals surface area contributed by atoms with Gasteiger partial charge in [-0.15, -0.1) is 0 Å². The van der Waals surface area contributed by atoms with E-state index in [1.807, 2.05) is 36.3 Å². The molecule has 1 N–H and O–H groups in total. The number of aromatic amines is 1. The molecule has 4 rings (SSSR count). The summed E-state index contributed by atoms with van der Waals surface area (Å²) in [5.41, 5.74) is 2.03. The van der Waals surface area contributed by atoms with E-state index in [0.29, 0.717) is 23.1 Å². The van der Waals surface area contributed by atoms with Crippen LogP contribution in [-0.4, -0.2) is 26.9 Å². The first-order valence-electron chi connectivity index (χ1n) is 9.29. The van der Waals surface area contributed by atoms with Crippen LogP contribution in [-0.2, 0) is 7.05 Å². The highest BCUT2D eigenvalue weighted by molar-refractivity contribution is 9.10. The number of aryl methyl sites for hydroxylation is 1. The molecule has 1 atom stereocenters. The lowest BCUT2D eigenvalue weighted by molar-refractivity contribution is 0.0669. The van der Waals surface area contributed by atoms with Crippen LogP contribution < -0.4 is 5.43 Å². The van der Waals surface area contributed by atoms with Crippen LogP contribution in [0.25, 0.3) is 10.9 Å². The second-order valence-electron chi connectivity index (χ2n) is 7.14.